The molecule has 1 aliphatic carbocycles. The molecule has 0 atom stereocenters. The van der Waals surface area contributed by atoms with Crippen LogP contribution in [0.2, 0.25) is 0 Å². The van der Waals surface area contributed by atoms with Crippen LogP contribution in [0.4, 0.5) is 26.4 Å². The van der Waals surface area contributed by atoms with E-state index in [1.165, 1.54) is 18.9 Å². The van der Waals surface area contributed by atoms with Crippen molar-refractivity contribution in [3.63, 3.8) is 0 Å². The number of nitrogens with one attached hydrogen (secondary N) is 1. The zero-order valence-electron chi connectivity index (χ0n) is 15.6. The molecule has 1 aromatic carbocycles. The van der Waals surface area contributed by atoms with E-state index in [-0.39, 0.29) is 5.95 Å². The van der Waals surface area contributed by atoms with Gasteiger partial charge in [0.05, 0.1) is 5.39 Å². The second-order valence-corrected chi connectivity index (χ2v) is 7.25. The van der Waals surface area contributed by atoms with E-state index >= 15 is 0 Å². The Labute approximate surface area is 161 Å². The number of benzene rings is 1. The quantitative estimate of drug-likeness (QED) is 0.627. The van der Waals surface area contributed by atoms with Gasteiger partial charge in [-0.3, -0.25) is 0 Å². The van der Waals surface area contributed by atoms with Crippen LogP contribution in [0.5, 0.6) is 0 Å². The summed E-state index contributed by atoms with van der Waals surface area (Å²) < 4.78 is 26.7. The molecule has 6 nitrogen and oxygen atoms in total. The number of pyridine rings is 1. The van der Waals surface area contributed by atoms with Crippen molar-refractivity contribution in [3.8, 4) is 0 Å². The number of fused-ring (bicyclic) bond motifs is 1. The normalized spacial score (nSPS) is 14.7. The standard InChI is InChI=1S/C20H22F2N6/c1-10-15(12-4-2-3-5-12)18(25-9-11-6-7-13(21)14(22)8-11)27-19-16(10)17(23)26-20(24)28-19/h6-8,12H,2-5,9H2,1H3,(H5,23,24,25,26,27,28). The maximum Gasteiger partial charge on any atom is 0.224 e. The van der Waals surface area contributed by atoms with E-state index in [1.807, 2.05) is 6.92 Å². The third-order valence-electron chi connectivity index (χ3n) is 5.39. The highest BCUT2D eigenvalue weighted by Gasteiger charge is 2.25. The Balaban J connectivity index is 1.78. The van der Waals surface area contributed by atoms with Crippen molar-refractivity contribution in [3.05, 3.63) is 46.5 Å². The summed E-state index contributed by atoms with van der Waals surface area (Å²) in [5.74, 6) is -0.305. The van der Waals surface area contributed by atoms with E-state index in [2.05, 4.69) is 20.3 Å². The summed E-state index contributed by atoms with van der Waals surface area (Å²) in [5, 5.41) is 4.00. The molecular formula is C20H22F2N6. The van der Waals surface area contributed by atoms with Crippen LogP contribution in [0.15, 0.2) is 18.2 Å². The van der Waals surface area contributed by atoms with Crippen molar-refractivity contribution in [1.82, 2.24) is 15.0 Å². The summed E-state index contributed by atoms with van der Waals surface area (Å²) in [6.45, 7) is 2.31. The summed E-state index contributed by atoms with van der Waals surface area (Å²) in [6, 6.07) is 3.86. The predicted octanol–water partition coefficient (Wildman–Crippen LogP) is 4.05. The lowest BCUT2D eigenvalue weighted by atomic mass is 9.92. The first-order valence-electron chi connectivity index (χ1n) is 9.35. The Morgan fingerprint density at radius 3 is 2.54 bits per heavy atom. The van der Waals surface area contributed by atoms with Gasteiger partial charge in [0.25, 0.3) is 0 Å². The molecule has 4 rings (SSSR count). The van der Waals surface area contributed by atoms with Gasteiger partial charge in [-0.05, 0) is 48.9 Å². The van der Waals surface area contributed by atoms with Crippen LogP contribution >= 0.6 is 0 Å². The molecule has 2 heterocycles. The lowest BCUT2D eigenvalue weighted by Gasteiger charge is -2.20. The van der Waals surface area contributed by atoms with E-state index in [4.69, 9.17) is 11.5 Å². The fourth-order valence-corrected chi connectivity index (χ4v) is 4.09. The number of aromatic nitrogens is 3. The number of rotatable bonds is 4. The molecule has 0 amide bonds. The average molecular weight is 384 g/mol. The first kappa shape index (κ1) is 18.3. The van der Waals surface area contributed by atoms with Gasteiger partial charge in [-0.2, -0.15) is 9.97 Å². The molecule has 1 saturated carbocycles. The Bertz CT molecular complexity index is 1050. The molecule has 146 valence electrons. The third kappa shape index (κ3) is 3.30. The van der Waals surface area contributed by atoms with E-state index < -0.39 is 11.6 Å². The molecular weight excluding hydrogens is 362 g/mol. The number of anilines is 3. The van der Waals surface area contributed by atoms with Gasteiger partial charge in [-0.25, -0.2) is 13.8 Å². The number of nitrogens with two attached hydrogens (primary N) is 2. The van der Waals surface area contributed by atoms with Crippen LogP contribution in [-0.4, -0.2) is 15.0 Å². The van der Waals surface area contributed by atoms with Gasteiger partial charge < -0.3 is 16.8 Å². The largest absolute Gasteiger partial charge is 0.383 e. The highest BCUT2D eigenvalue weighted by Crippen LogP contribution is 2.41. The van der Waals surface area contributed by atoms with Gasteiger partial charge in [0, 0.05) is 12.1 Å². The lowest BCUT2D eigenvalue weighted by molar-refractivity contribution is 0.507. The molecule has 2 aromatic heterocycles. The molecule has 5 N–H and O–H groups in total. The van der Waals surface area contributed by atoms with E-state index in [0.29, 0.717) is 35.3 Å². The number of halogens is 2. The van der Waals surface area contributed by atoms with Crippen molar-refractivity contribution in [2.24, 2.45) is 0 Å². The minimum absolute atomic E-state index is 0.0667. The zero-order valence-corrected chi connectivity index (χ0v) is 15.6. The first-order valence-corrected chi connectivity index (χ1v) is 9.35. The number of hydrogen-bond donors (Lipinski definition) is 3. The molecule has 0 spiro atoms. The maximum atomic E-state index is 13.5. The lowest BCUT2D eigenvalue weighted by Crippen LogP contribution is -2.12. The van der Waals surface area contributed by atoms with Crippen LogP contribution in [0.3, 0.4) is 0 Å². The smallest absolute Gasteiger partial charge is 0.224 e. The van der Waals surface area contributed by atoms with Gasteiger partial charge in [0.1, 0.15) is 11.6 Å². The SMILES string of the molecule is Cc1c(C2CCCC2)c(NCc2ccc(F)c(F)c2)nc2nc(N)nc(N)c12. The predicted molar refractivity (Wildman–Crippen MR) is 106 cm³/mol. The topological polar surface area (TPSA) is 103 Å². The molecule has 1 aliphatic rings. The van der Waals surface area contributed by atoms with Crippen LogP contribution in [0.1, 0.15) is 48.3 Å². The van der Waals surface area contributed by atoms with Gasteiger partial charge in [-0.1, -0.05) is 18.9 Å². The fourth-order valence-electron chi connectivity index (χ4n) is 4.09. The number of aryl methyl sites for hydroxylation is 1. The van der Waals surface area contributed by atoms with Gasteiger partial charge in [-0.15, -0.1) is 0 Å². The second-order valence-electron chi connectivity index (χ2n) is 7.25. The number of nitrogen functional groups attached to an aromatic ring is 2. The first-order chi connectivity index (χ1) is 13.4. The molecule has 8 heteroatoms. The fraction of sp³-hybridized carbons (Fsp3) is 0.350. The van der Waals surface area contributed by atoms with E-state index in [0.717, 1.165) is 35.4 Å². The number of nitrogens with zero attached hydrogens (tertiary/aromatic N) is 3. The molecule has 28 heavy (non-hydrogen) atoms. The highest BCUT2D eigenvalue weighted by molar-refractivity contribution is 5.92. The second kappa shape index (κ2) is 7.18. The van der Waals surface area contributed by atoms with Crippen molar-refractivity contribution in [1.29, 1.82) is 0 Å². The average Bonchev–Trinajstić information content (AvgIpc) is 3.16. The summed E-state index contributed by atoms with van der Waals surface area (Å²) in [7, 11) is 0. The summed E-state index contributed by atoms with van der Waals surface area (Å²) >= 11 is 0. The molecule has 0 saturated heterocycles. The summed E-state index contributed by atoms with van der Waals surface area (Å²) in [5.41, 5.74) is 15.0. The number of hydrogen-bond acceptors (Lipinski definition) is 6. The molecule has 0 bridgehead atoms. The minimum Gasteiger partial charge on any atom is -0.383 e. The van der Waals surface area contributed by atoms with Crippen LogP contribution in [0, 0.1) is 18.6 Å². The van der Waals surface area contributed by atoms with Gasteiger partial charge in [0.2, 0.25) is 5.95 Å². The Morgan fingerprint density at radius 1 is 1.07 bits per heavy atom. The van der Waals surface area contributed by atoms with Crippen LogP contribution in [0.25, 0.3) is 11.0 Å². The molecule has 1 fully saturated rings. The van der Waals surface area contributed by atoms with Crippen molar-refractivity contribution in [2.45, 2.75) is 45.1 Å². The van der Waals surface area contributed by atoms with Crippen LogP contribution < -0.4 is 16.8 Å². The van der Waals surface area contributed by atoms with Crippen molar-refractivity contribution in [2.75, 3.05) is 16.8 Å². The molecule has 0 aliphatic heterocycles. The van der Waals surface area contributed by atoms with Crippen molar-refractivity contribution < 1.29 is 8.78 Å². The zero-order chi connectivity index (χ0) is 19.8. The minimum atomic E-state index is -0.869. The Morgan fingerprint density at radius 2 is 1.82 bits per heavy atom. The summed E-state index contributed by atoms with van der Waals surface area (Å²) in [6.07, 6.45) is 4.48. The Hall–Kier alpha value is -3.03. The van der Waals surface area contributed by atoms with E-state index in [9.17, 15) is 8.78 Å². The van der Waals surface area contributed by atoms with Crippen LogP contribution in [-0.2, 0) is 6.54 Å². The molecule has 0 unspecified atom stereocenters. The van der Waals surface area contributed by atoms with Crippen molar-refractivity contribution >= 4 is 28.6 Å². The monoisotopic (exact) mass is 384 g/mol. The van der Waals surface area contributed by atoms with E-state index in [1.54, 1.807) is 6.07 Å². The van der Waals surface area contributed by atoms with Gasteiger partial charge in [0.15, 0.2) is 17.3 Å². The third-order valence-corrected chi connectivity index (χ3v) is 5.39. The Kier molecular flexibility index (Phi) is 4.70. The molecule has 3 aromatic rings. The maximum absolute atomic E-state index is 13.5. The molecule has 0 radical (unpaired) electrons. The highest BCUT2D eigenvalue weighted by atomic mass is 19.2. The van der Waals surface area contributed by atoms with Gasteiger partial charge >= 0.3 is 0 Å². The summed E-state index contributed by atoms with van der Waals surface area (Å²) in [4.78, 5) is 13.0.